The molecule has 19 heavy (non-hydrogen) atoms. The minimum atomic E-state index is -4.34. The number of hydrogen-bond acceptors (Lipinski definition) is 2. The van der Waals surface area contributed by atoms with Gasteiger partial charge in [-0.1, -0.05) is 13.0 Å². The average Bonchev–Trinajstić information content (AvgIpc) is 2.27. The Balaban J connectivity index is 3.15. The number of nitrogens with zero attached hydrogens (tertiary/aromatic N) is 1. The minimum Gasteiger partial charge on any atom is -0.375 e. The molecule has 0 fully saturated rings. The minimum absolute atomic E-state index is 0.229. The molecule has 108 valence electrons. The van der Waals surface area contributed by atoms with E-state index in [1.807, 2.05) is 11.8 Å². The van der Waals surface area contributed by atoms with Crippen LogP contribution in [0, 0.1) is 0 Å². The molecule has 1 aromatic carbocycles. The van der Waals surface area contributed by atoms with Gasteiger partial charge in [-0.3, -0.25) is 0 Å². The summed E-state index contributed by atoms with van der Waals surface area (Å²) in [6.45, 7) is 4.42. The van der Waals surface area contributed by atoms with Crippen LogP contribution < -0.4 is 10.6 Å². The third kappa shape index (κ3) is 4.42. The molecule has 1 atom stereocenters. The lowest BCUT2D eigenvalue weighted by atomic mass is 10.00. The van der Waals surface area contributed by atoms with E-state index in [0.29, 0.717) is 5.69 Å². The topological polar surface area (TPSA) is 29.3 Å². The summed E-state index contributed by atoms with van der Waals surface area (Å²) < 4.78 is 39.2. The largest absolute Gasteiger partial charge is 0.416 e. The van der Waals surface area contributed by atoms with Crippen LogP contribution in [0.4, 0.5) is 18.9 Å². The second-order valence-corrected chi connectivity index (χ2v) is 4.94. The molecule has 1 aromatic rings. The van der Waals surface area contributed by atoms with Gasteiger partial charge in [-0.25, -0.2) is 0 Å². The van der Waals surface area contributed by atoms with Gasteiger partial charge in [0.15, 0.2) is 0 Å². The van der Waals surface area contributed by atoms with Crippen molar-refractivity contribution in [1.29, 1.82) is 0 Å². The lowest BCUT2D eigenvalue weighted by molar-refractivity contribution is -0.138. The second-order valence-electron chi connectivity index (χ2n) is 4.94. The Hall–Kier alpha value is -1.23. The zero-order valence-corrected chi connectivity index (χ0v) is 11.6. The summed E-state index contributed by atoms with van der Waals surface area (Å²) in [5.41, 5.74) is 5.87. The molecule has 0 saturated heterocycles. The molecule has 5 heteroatoms. The van der Waals surface area contributed by atoms with Crippen molar-refractivity contribution in [3.63, 3.8) is 0 Å². The summed E-state index contributed by atoms with van der Waals surface area (Å²) in [5, 5.41) is 0. The molecule has 0 heterocycles. The SMILES string of the molecule is CCCN(C)c1ccc(CC(C)N)c(C(F)(F)F)c1. The number of nitrogens with two attached hydrogens (primary N) is 1. The highest BCUT2D eigenvalue weighted by Gasteiger charge is 2.33. The molecule has 0 aliphatic carbocycles. The van der Waals surface area contributed by atoms with Gasteiger partial charge in [-0.05, 0) is 37.5 Å². The smallest absolute Gasteiger partial charge is 0.375 e. The number of halogens is 3. The number of alkyl halides is 3. The molecule has 0 aliphatic rings. The molecule has 0 saturated carbocycles. The fourth-order valence-electron chi connectivity index (χ4n) is 2.06. The summed E-state index contributed by atoms with van der Waals surface area (Å²) in [6, 6.07) is 4.18. The van der Waals surface area contributed by atoms with Gasteiger partial charge in [0.25, 0.3) is 0 Å². The molecule has 2 N–H and O–H groups in total. The fraction of sp³-hybridized carbons (Fsp3) is 0.571. The van der Waals surface area contributed by atoms with Crippen molar-refractivity contribution < 1.29 is 13.2 Å². The Morgan fingerprint density at radius 2 is 1.95 bits per heavy atom. The Kier molecular flexibility index (Phi) is 5.23. The summed E-state index contributed by atoms with van der Waals surface area (Å²) in [4.78, 5) is 1.82. The quantitative estimate of drug-likeness (QED) is 0.891. The van der Waals surface area contributed by atoms with Crippen LogP contribution in [0.2, 0.25) is 0 Å². The van der Waals surface area contributed by atoms with Crippen molar-refractivity contribution in [1.82, 2.24) is 0 Å². The molecule has 1 unspecified atom stereocenters. The van der Waals surface area contributed by atoms with Gasteiger partial charge < -0.3 is 10.6 Å². The van der Waals surface area contributed by atoms with Gasteiger partial charge >= 0.3 is 6.18 Å². The maximum Gasteiger partial charge on any atom is 0.416 e. The maximum absolute atomic E-state index is 13.1. The first kappa shape index (κ1) is 15.8. The van der Waals surface area contributed by atoms with Crippen LogP contribution in [0.5, 0.6) is 0 Å². The average molecular weight is 274 g/mol. The van der Waals surface area contributed by atoms with E-state index >= 15 is 0 Å². The molecular formula is C14H21F3N2. The first-order chi connectivity index (χ1) is 8.75. The first-order valence-electron chi connectivity index (χ1n) is 6.42. The predicted octanol–water partition coefficient (Wildman–Crippen LogP) is 3.44. The third-order valence-electron chi connectivity index (χ3n) is 2.94. The van der Waals surface area contributed by atoms with Gasteiger partial charge in [-0.2, -0.15) is 13.2 Å². The Morgan fingerprint density at radius 3 is 2.42 bits per heavy atom. The molecule has 0 radical (unpaired) electrons. The van der Waals surface area contributed by atoms with Crippen molar-refractivity contribution in [2.24, 2.45) is 5.73 Å². The van der Waals surface area contributed by atoms with Gasteiger partial charge in [0.1, 0.15) is 0 Å². The van der Waals surface area contributed by atoms with E-state index in [1.165, 1.54) is 12.1 Å². The predicted molar refractivity (Wildman–Crippen MR) is 72.4 cm³/mol. The van der Waals surface area contributed by atoms with Crippen molar-refractivity contribution in [3.05, 3.63) is 29.3 Å². The van der Waals surface area contributed by atoms with E-state index in [4.69, 9.17) is 5.73 Å². The molecule has 0 amide bonds. The second kappa shape index (κ2) is 6.28. The van der Waals surface area contributed by atoms with E-state index in [-0.39, 0.29) is 18.0 Å². The van der Waals surface area contributed by atoms with Gasteiger partial charge in [-0.15, -0.1) is 0 Å². The zero-order valence-electron chi connectivity index (χ0n) is 11.6. The van der Waals surface area contributed by atoms with Gasteiger partial charge in [0.2, 0.25) is 0 Å². The molecule has 0 bridgehead atoms. The molecule has 0 aliphatic heterocycles. The zero-order chi connectivity index (χ0) is 14.6. The third-order valence-corrected chi connectivity index (χ3v) is 2.94. The molecule has 0 aromatic heterocycles. The summed E-state index contributed by atoms with van der Waals surface area (Å²) >= 11 is 0. The van der Waals surface area contributed by atoms with Crippen molar-refractivity contribution >= 4 is 5.69 Å². The number of hydrogen-bond donors (Lipinski definition) is 1. The van der Waals surface area contributed by atoms with Crippen LogP contribution in [0.15, 0.2) is 18.2 Å². The fourth-order valence-corrected chi connectivity index (χ4v) is 2.06. The van der Waals surface area contributed by atoms with E-state index in [0.717, 1.165) is 13.0 Å². The Bertz CT molecular complexity index is 414. The molecule has 2 nitrogen and oxygen atoms in total. The van der Waals surface area contributed by atoms with E-state index < -0.39 is 11.7 Å². The number of anilines is 1. The molecule has 0 spiro atoms. The van der Waals surface area contributed by atoms with E-state index in [1.54, 1.807) is 20.0 Å². The highest BCUT2D eigenvalue weighted by molar-refractivity contribution is 5.51. The van der Waals surface area contributed by atoms with Gasteiger partial charge in [0, 0.05) is 25.3 Å². The Morgan fingerprint density at radius 1 is 1.32 bits per heavy atom. The van der Waals surface area contributed by atoms with Crippen molar-refractivity contribution in [3.8, 4) is 0 Å². The van der Waals surface area contributed by atoms with Crippen LogP contribution in [0.25, 0.3) is 0 Å². The monoisotopic (exact) mass is 274 g/mol. The standard InChI is InChI=1S/C14H21F3N2/c1-4-7-19(3)12-6-5-11(8-10(2)18)13(9-12)14(15,16)17/h5-6,9-10H,4,7-8,18H2,1-3H3. The van der Waals surface area contributed by atoms with Crippen LogP contribution in [-0.4, -0.2) is 19.6 Å². The van der Waals surface area contributed by atoms with Crippen LogP contribution in [0.1, 0.15) is 31.4 Å². The van der Waals surface area contributed by atoms with E-state index in [9.17, 15) is 13.2 Å². The normalized spacial score (nSPS) is 13.4. The van der Waals surface area contributed by atoms with Gasteiger partial charge in [0.05, 0.1) is 5.56 Å². The summed E-state index contributed by atoms with van der Waals surface area (Å²) in [7, 11) is 1.80. The summed E-state index contributed by atoms with van der Waals surface area (Å²) in [5.74, 6) is 0. The number of rotatable bonds is 5. The lowest BCUT2D eigenvalue weighted by Crippen LogP contribution is -2.22. The highest BCUT2D eigenvalue weighted by Crippen LogP contribution is 2.35. The Labute approximate surface area is 112 Å². The van der Waals surface area contributed by atoms with Crippen LogP contribution >= 0.6 is 0 Å². The molecule has 1 rings (SSSR count). The maximum atomic E-state index is 13.1. The highest BCUT2D eigenvalue weighted by atomic mass is 19.4. The number of benzene rings is 1. The molecular weight excluding hydrogens is 253 g/mol. The van der Waals surface area contributed by atoms with Crippen LogP contribution in [-0.2, 0) is 12.6 Å². The van der Waals surface area contributed by atoms with E-state index in [2.05, 4.69) is 0 Å². The lowest BCUT2D eigenvalue weighted by Gasteiger charge is -2.22. The van der Waals surface area contributed by atoms with Crippen LogP contribution in [0.3, 0.4) is 0 Å². The van der Waals surface area contributed by atoms with Crippen molar-refractivity contribution in [2.45, 2.75) is 38.9 Å². The summed E-state index contributed by atoms with van der Waals surface area (Å²) in [6.07, 6.45) is -3.22. The first-order valence-corrected chi connectivity index (χ1v) is 6.42. The van der Waals surface area contributed by atoms with Crippen molar-refractivity contribution in [2.75, 3.05) is 18.5 Å².